The second-order valence-corrected chi connectivity index (χ2v) is 9.40. The van der Waals surface area contributed by atoms with Gasteiger partial charge in [0.25, 0.3) is 0 Å². The molecule has 1 N–H and O–H groups in total. The van der Waals surface area contributed by atoms with E-state index in [9.17, 15) is 13.6 Å². The van der Waals surface area contributed by atoms with Gasteiger partial charge in [0, 0.05) is 12.5 Å². The molecule has 0 aromatic heterocycles. The second kappa shape index (κ2) is 7.23. The lowest BCUT2D eigenvalue weighted by Crippen LogP contribution is -2.42. The molecule has 4 aliphatic rings. The molecule has 0 spiro atoms. The van der Waals surface area contributed by atoms with Crippen LogP contribution in [0.1, 0.15) is 55.6 Å². The Hall–Kier alpha value is -2.23. The molecule has 2 unspecified atom stereocenters. The first-order chi connectivity index (χ1) is 14.0. The predicted octanol–water partition coefficient (Wildman–Crippen LogP) is 5.43. The van der Waals surface area contributed by atoms with E-state index < -0.39 is 0 Å². The zero-order valence-electron chi connectivity index (χ0n) is 16.5. The van der Waals surface area contributed by atoms with Gasteiger partial charge >= 0.3 is 0 Å². The number of carbonyl (C=O) groups is 1. The van der Waals surface area contributed by atoms with Gasteiger partial charge in [-0.15, -0.1) is 0 Å². The van der Waals surface area contributed by atoms with E-state index in [-0.39, 0.29) is 28.9 Å². The number of benzene rings is 2. The molecule has 0 radical (unpaired) electrons. The summed E-state index contributed by atoms with van der Waals surface area (Å²) >= 11 is 0. The number of nitrogens with one attached hydrogen (secondary N) is 1. The highest BCUT2D eigenvalue weighted by Crippen LogP contribution is 2.65. The van der Waals surface area contributed by atoms with Gasteiger partial charge in [-0.2, -0.15) is 0 Å². The van der Waals surface area contributed by atoms with E-state index in [1.54, 1.807) is 24.3 Å². The second-order valence-electron chi connectivity index (χ2n) is 9.40. The maximum atomic E-state index is 13.4. The smallest absolute Gasteiger partial charge is 0.226 e. The number of amides is 1. The maximum Gasteiger partial charge on any atom is 0.226 e. The lowest BCUT2D eigenvalue weighted by atomic mass is 9.75. The minimum absolute atomic E-state index is 0.00893. The van der Waals surface area contributed by atoms with E-state index in [0.29, 0.717) is 18.9 Å². The van der Waals surface area contributed by atoms with Crippen molar-refractivity contribution in [2.24, 2.45) is 23.2 Å². The predicted molar refractivity (Wildman–Crippen MR) is 108 cm³/mol. The molecule has 2 atom stereocenters. The van der Waals surface area contributed by atoms with Crippen molar-refractivity contribution in [1.29, 1.82) is 0 Å². The van der Waals surface area contributed by atoms with Gasteiger partial charge in [-0.05, 0) is 91.7 Å². The molecule has 4 aliphatic carbocycles. The van der Waals surface area contributed by atoms with Gasteiger partial charge in [0.15, 0.2) is 0 Å². The molecule has 4 saturated carbocycles. The van der Waals surface area contributed by atoms with Crippen molar-refractivity contribution in [3.8, 4) is 0 Å². The summed E-state index contributed by atoms with van der Waals surface area (Å²) < 4.78 is 26.8. The molecule has 4 fully saturated rings. The van der Waals surface area contributed by atoms with Gasteiger partial charge in [-0.1, -0.05) is 24.3 Å². The molecule has 2 nitrogen and oxygen atoms in total. The normalized spacial score (nSPS) is 29.6. The molecule has 29 heavy (non-hydrogen) atoms. The maximum absolute atomic E-state index is 13.4. The Balaban J connectivity index is 1.29. The summed E-state index contributed by atoms with van der Waals surface area (Å²) in [6.07, 6.45) is 6.63. The fraction of sp³-hybridized carbons (Fsp3) is 0.480. The number of carbonyl (C=O) groups excluding carboxylic acids is 1. The van der Waals surface area contributed by atoms with E-state index in [1.807, 2.05) is 0 Å². The first-order valence-electron chi connectivity index (χ1n) is 10.8. The molecule has 6 rings (SSSR count). The van der Waals surface area contributed by atoms with Gasteiger partial charge in [0.05, 0.1) is 5.41 Å². The number of hydrogen-bond donors (Lipinski definition) is 1. The Morgan fingerprint density at radius 2 is 1.41 bits per heavy atom. The fourth-order valence-corrected chi connectivity index (χ4v) is 6.59. The highest BCUT2D eigenvalue weighted by Gasteiger charge is 2.61. The van der Waals surface area contributed by atoms with E-state index in [2.05, 4.69) is 5.32 Å². The Morgan fingerprint density at radius 1 is 0.897 bits per heavy atom. The summed E-state index contributed by atoms with van der Waals surface area (Å²) in [6.45, 7) is 0.571. The molecule has 152 valence electrons. The van der Waals surface area contributed by atoms with Gasteiger partial charge in [-0.25, -0.2) is 8.78 Å². The lowest BCUT2D eigenvalue weighted by molar-refractivity contribution is -0.132. The molecular formula is C25H27F2NO. The van der Waals surface area contributed by atoms with Crippen LogP contribution in [0.3, 0.4) is 0 Å². The molecule has 1 amide bonds. The van der Waals surface area contributed by atoms with Crippen molar-refractivity contribution >= 4 is 5.91 Å². The van der Waals surface area contributed by atoms with Crippen LogP contribution in [0, 0.1) is 34.8 Å². The van der Waals surface area contributed by atoms with E-state index in [1.165, 1.54) is 43.5 Å². The van der Waals surface area contributed by atoms with E-state index in [0.717, 1.165) is 35.8 Å². The molecule has 4 bridgehead atoms. The van der Waals surface area contributed by atoms with Crippen LogP contribution in [0.4, 0.5) is 8.78 Å². The largest absolute Gasteiger partial charge is 0.356 e. The highest BCUT2D eigenvalue weighted by molar-refractivity contribution is 5.84. The van der Waals surface area contributed by atoms with Gasteiger partial charge in [0.2, 0.25) is 5.91 Å². The number of hydrogen-bond acceptors (Lipinski definition) is 1. The Kier molecular flexibility index (Phi) is 4.68. The Morgan fingerprint density at radius 3 is 1.93 bits per heavy atom. The van der Waals surface area contributed by atoms with Crippen molar-refractivity contribution < 1.29 is 13.6 Å². The van der Waals surface area contributed by atoms with Crippen LogP contribution < -0.4 is 5.32 Å². The van der Waals surface area contributed by atoms with Crippen LogP contribution in [-0.2, 0) is 4.79 Å². The molecule has 2 aromatic carbocycles. The first-order valence-corrected chi connectivity index (χ1v) is 10.8. The zero-order valence-corrected chi connectivity index (χ0v) is 16.5. The Labute approximate surface area is 170 Å². The van der Waals surface area contributed by atoms with Crippen molar-refractivity contribution in [2.45, 2.75) is 44.4 Å². The topological polar surface area (TPSA) is 29.1 Å². The van der Waals surface area contributed by atoms with Crippen LogP contribution in [-0.4, -0.2) is 12.5 Å². The standard InChI is InChI=1S/C25H27F2NO/c26-21-5-1-18(2-6-21)23(19-3-7-22(27)8-4-19)9-10-28-24(29)25-14-16-11-17(15-25)13-20(25)12-16/h1-8,16-17,20,23H,9-15H2,(H,28,29). The summed E-state index contributed by atoms with van der Waals surface area (Å²) in [4.78, 5) is 13.1. The summed E-state index contributed by atoms with van der Waals surface area (Å²) in [5, 5.41) is 3.23. The van der Waals surface area contributed by atoms with Crippen molar-refractivity contribution in [3.05, 3.63) is 71.3 Å². The molecule has 0 aliphatic heterocycles. The average Bonchev–Trinajstić information content (AvgIpc) is 3.12. The highest BCUT2D eigenvalue weighted by atomic mass is 19.1. The first kappa shape index (κ1) is 18.8. The van der Waals surface area contributed by atoms with Crippen molar-refractivity contribution in [1.82, 2.24) is 5.32 Å². The zero-order chi connectivity index (χ0) is 20.0. The SMILES string of the molecule is O=C(NCCC(c1ccc(F)cc1)c1ccc(F)cc1)C12CC3CC(CC1C3)C2. The lowest BCUT2D eigenvalue weighted by Gasteiger charge is -2.31. The Bertz CT molecular complexity index is 833. The van der Waals surface area contributed by atoms with Crippen LogP contribution in [0.15, 0.2) is 48.5 Å². The molecule has 0 heterocycles. The average molecular weight is 395 g/mol. The fourth-order valence-electron chi connectivity index (χ4n) is 6.59. The minimum Gasteiger partial charge on any atom is -0.356 e. The monoisotopic (exact) mass is 395 g/mol. The van der Waals surface area contributed by atoms with E-state index in [4.69, 9.17) is 0 Å². The summed E-state index contributed by atoms with van der Waals surface area (Å²) in [5.74, 6) is 1.77. The molecular weight excluding hydrogens is 368 g/mol. The molecule has 0 saturated heterocycles. The van der Waals surface area contributed by atoms with Crippen LogP contribution in [0.5, 0.6) is 0 Å². The van der Waals surface area contributed by atoms with Gasteiger partial charge < -0.3 is 5.32 Å². The summed E-state index contributed by atoms with van der Waals surface area (Å²) in [5.41, 5.74) is 1.84. The van der Waals surface area contributed by atoms with Crippen LogP contribution in [0.2, 0.25) is 0 Å². The molecule has 4 heteroatoms. The number of rotatable bonds is 6. The summed E-state index contributed by atoms with van der Waals surface area (Å²) in [7, 11) is 0. The number of halogens is 2. The third kappa shape index (κ3) is 3.37. The van der Waals surface area contributed by atoms with Crippen LogP contribution >= 0.6 is 0 Å². The quantitative estimate of drug-likeness (QED) is 0.694. The van der Waals surface area contributed by atoms with E-state index >= 15 is 0 Å². The van der Waals surface area contributed by atoms with Crippen molar-refractivity contribution in [3.63, 3.8) is 0 Å². The van der Waals surface area contributed by atoms with Crippen molar-refractivity contribution in [2.75, 3.05) is 6.54 Å². The minimum atomic E-state index is -0.272. The van der Waals surface area contributed by atoms with Gasteiger partial charge in [-0.3, -0.25) is 4.79 Å². The third-order valence-electron chi connectivity index (χ3n) is 7.71. The van der Waals surface area contributed by atoms with Gasteiger partial charge in [0.1, 0.15) is 11.6 Å². The summed E-state index contributed by atoms with van der Waals surface area (Å²) in [6, 6.07) is 12.9. The molecule has 2 aromatic rings. The van der Waals surface area contributed by atoms with Crippen LogP contribution in [0.25, 0.3) is 0 Å². The third-order valence-corrected chi connectivity index (χ3v) is 7.71.